The van der Waals surface area contributed by atoms with E-state index in [-0.39, 0.29) is 11.6 Å². The Labute approximate surface area is 199 Å². The Hall–Kier alpha value is -2.44. The second-order valence-electron chi connectivity index (χ2n) is 7.93. The number of nitrogen functional groups attached to an aromatic ring is 1. The molecule has 2 heterocycles. The Kier molecular flexibility index (Phi) is 8.37. The zero-order chi connectivity index (χ0) is 25.0. The molecular weight excluding hydrogens is 490 g/mol. The molecule has 0 bridgehead atoms. The van der Waals surface area contributed by atoms with Crippen LogP contribution >= 0.6 is 19.5 Å². The molecule has 0 spiro atoms. The number of hydrogen-bond acceptors (Lipinski definition) is 9. The van der Waals surface area contributed by atoms with Gasteiger partial charge < -0.3 is 20.5 Å². The number of nitrogens with one attached hydrogen (secondary N) is 1. The van der Waals surface area contributed by atoms with E-state index in [1.165, 1.54) is 24.4 Å². The quantitative estimate of drug-likeness (QED) is 0.341. The summed E-state index contributed by atoms with van der Waals surface area (Å²) in [6.07, 6.45) is -2.15. The average molecular weight is 516 g/mol. The monoisotopic (exact) mass is 516 g/mol. The second kappa shape index (κ2) is 10.9. The van der Waals surface area contributed by atoms with Crippen molar-refractivity contribution in [3.05, 3.63) is 53.1 Å². The second-order valence-corrected chi connectivity index (χ2v) is 11.0. The number of aliphatic hydroxyl groups is 1. The van der Waals surface area contributed by atoms with Crippen molar-refractivity contribution in [1.29, 1.82) is 0 Å². The molecule has 6 atom stereocenters. The molecule has 0 saturated carbocycles. The topological polar surface area (TPSA) is 166 Å². The number of carbonyl (C=O) groups is 1. The van der Waals surface area contributed by atoms with Gasteiger partial charge in [0.2, 0.25) is 0 Å². The fraction of sp³-hybridized carbons (Fsp3) is 0.450. The predicted molar refractivity (Wildman–Crippen MR) is 124 cm³/mol. The zero-order valence-electron chi connectivity index (χ0n) is 18.4. The minimum Gasteiger partial charge on any atom is -0.480 e. The van der Waals surface area contributed by atoms with E-state index >= 15 is 0 Å². The molecule has 3 unspecified atom stereocenters. The van der Waals surface area contributed by atoms with Gasteiger partial charge in [-0.25, -0.2) is 13.8 Å². The van der Waals surface area contributed by atoms with Crippen LogP contribution < -0.4 is 21.0 Å². The molecule has 1 aliphatic rings. The molecule has 1 aliphatic heterocycles. The van der Waals surface area contributed by atoms with E-state index in [1.807, 2.05) is 0 Å². The number of nitrogens with two attached hydrogens (primary N) is 1. The van der Waals surface area contributed by atoms with Gasteiger partial charge in [-0.15, -0.1) is 11.8 Å². The van der Waals surface area contributed by atoms with Gasteiger partial charge in [-0.1, -0.05) is 32.0 Å². The van der Waals surface area contributed by atoms with E-state index in [0.717, 1.165) is 16.3 Å². The van der Waals surface area contributed by atoms with E-state index in [2.05, 4.69) is 10.1 Å². The molecular formula is C20H26FN4O7PS. The summed E-state index contributed by atoms with van der Waals surface area (Å²) in [5.41, 5.74) is 4.69. The molecule has 2 aromatic rings. The summed E-state index contributed by atoms with van der Waals surface area (Å²) in [6.45, 7) is 2.78. The van der Waals surface area contributed by atoms with Gasteiger partial charge in [0.1, 0.15) is 29.1 Å². The van der Waals surface area contributed by atoms with E-state index in [4.69, 9.17) is 14.8 Å². The SMILES string of the molecule is CC(C)C(NP(=O)(OC[C@H]1SC(n2ccc(N)nc2=O)[C@@H](F)[C@@H]1O)Oc1ccccc1)C(=O)O. The van der Waals surface area contributed by atoms with Gasteiger partial charge >= 0.3 is 19.4 Å². The standard InChI is InChI=1S/C20H26FN4O7PS/c1-11(2)16(19(27)28)24-33(30,32-12-6-4-3-5-7-12)31-10-13-17(26)15(21)18(34-13)25-9-8-14(22)23-20(25)29/h3-9,11,13,15-18,26H,10H2,1-2H3,(H,24,30)(H,27,28)(H2,22,23,29)/t13-,15+,16?,17-,18?,33?/m1/s1. The van der Waals surface area contributed by atoms with Crippen LogP contribution in [-0.4, -0.2) is 55.9 Å². The first kappa shape index (κ1) is 26.2. The third-order valence-corrected chi connectivity index (χ3v) is 8.09. The molecule has 186 valence electrons. The summed E-state index contributed by atoms with van der Waals surface area (Å²) in [7, 11) is -4.29. The minimum absolute atomic E-state index is 0.0247. The molecule has 3 rings (SSSR count). The maximum absolute atomic E-state index is 14.8. The fourth-order valence-corrected chi connectivity index (χ4v) is 6.43. The molecule has 0 radical (unpaired) electrons. The predicted octanol–water partition coefficient (Wildman–Crippen LogP) is 2.04. The fourth-order valence-electron chi connectivity index (χ4n) is 3.23. The van der Waals surface area contributed by atoms with Crippen LogP contribution in [0.5, 0.6) is 5.75 Å². The van der Waals surface area contributed by atoms with E-state index in [1.54, 1.807) is 32.0 Å². The number of benzene rings is 1. The number of hydrogen-bond donors (Lipinski definition) is 4. The molecule has 1 aromatic heterocycles. The lowest BCUT2D eigenvalue weighted by Crippen LogP contribution is -2.41. The first-order valence-electron chi connectivity index (χ1n) is 10.3. The number of carboxylic acid groups (broad SMARTS) is 1. The summed E-state index contributed by atoms with van der Waals surface area (Å²) >= 11 is 0.890. The van der Waals surface area contributed by atoms with Crippen molar-refractivity contribution < 1.29 is 33.0 Å². The van der Waals surface area contributed by atoms with Gasteiger partial charge in [0, 0.05) is 6.20 Å². The van der Waals surface area contributed by atoms with Crippen molar-refractivity contribution in [3.63, 3.8) is 0 Å². The molecule has 0 amide bonds. The smallest absolute Gasteiger partial charge is 0.459 e. The lowest BCUT2D eigenvalue weighted by molar-refractivity contribution is -0.140. The number of para-hydroxylation sites is 1. The molecule has 11 nitrogen and oxygen atoms in total. The van der Waals surface area contributed by atoms with Gasteiger partial charge in [-0.05, 0) is 24.1 Å². The van der Waals surface area contributed by atoms with Crippen LogP contribution in [0.2, 0.25) is 0 Å². The van der Waals surface area contributed by atoms with E-state index in [9.17, 15) is 28.8 Å². The van der Waals surface area contributed by atoms with Crippen molar-refractivity contribution >= 4 is 31.3 Å². The summed E-state index contributed by atoms with van der Waals surface area (Å²) < 4.78 is 40.3. The molecule has 1 fully saturated rings. The van der Waals surface area contributed by atoms with E-state index < -0.39 is 60.9 Å². The number of aliphatic hydroxyl groups excluding tert-OH is 1. The van der Waals surface area contributed by atoms with Crippen LogP contribution in [-0.2, 0) is 13.9 Å². The Balaban J connectivity index is 1.79. The van der Waals surface area contributed by atoms with Crippen LogP contribution in [0.1, 0.15) is 19.2 Å². The number of nitrogens with zero attached hydrogens (tertiary/aromatic N) is 2. The first-order chi connectivity index (χ1) is 16.0. The highest BCUT2D eigenvalue weighted by atomic mass is 32.2. The van der Waals surface area contributed by atoms with Crippen LogP contribution in [0, 0.1) is 5.92 Å². The number of aromatic nitrogens is 2. The Bertz CT molecular complexity index is 1110. The number of anilines is 1. The van der Waals surface area contributed by atoms with Gasteiger partial charge in [0.05, 0.1) is 11.9 Å². The maximum Gasteiger partial charge on any atom is 0.459 e. The summed E-state index contributed by atoms with van der Waals surface area (Å²) in [5, 5.41) is 20.3. The van der Waals surface area contributed by atoms with Crippen LogP contribution in [0.15, 0.2) is 47.4 Å². The Morgan fingerprint density at radius 2 is 2.03 bits per heavy atom. The summed E-state index contributed by atoms with van der Waals surface area (Å²) in [6, 6.07) is 8.05. The third-order valence-electron chi connectivity index (χ3n) is 5.03. The highest BCUT2D eigenvalue weighted by Gasteiger charge is 2.46. The van der Waals surface area contributed by atoms with Crippen molar-refractivity contribution in [1.82, 2.24) is 14.6 Å². The highest BCUT2D eigenvalue weighted by Crippen LogP contribution is 2.49. The molecule has 0 aliphatic carbocycles. The normalized spacial score (nSPS) is 25.1. The van der Waals surface area contributed by atoms with Gasteiger partial charge in [0.15, 0.2) is 6.17 Å². The van der Waals surface area contributed by atoms with Gasteiger partial charge in [-0.3, -0.25) is 13.9 Å². The third kappa shape index (κ3) is 6.16. The van der Waals surface area contributed by atoms with Crippen molar-refractivity contribution in [2.45, 2.75) is 42.8 Å². The largest absolute Gasteiger partial charge is 0.480 e. The summed E-state index contributed by atoms with van der Waals surface area (Å²) in [4.78, 5) is 27.3. The van der Waals surface area contributed by atoms with Crippen LogP contribution in [0.25, 0.3) is 0 Å². The van der Waals surface area contributed by atoms with Gasteiger partial charge in [-0.2, -0.15) is 10.1 Å². The van der Waals surface area contributed by atoms with E-state index in [0.29, 0.717) is 0 Å². The molecule has 1 aromatic carbocycles. The maximum atomic E-state index is 14.8. The number of aliphatic carboxylic acids is 1. The number of alkyl halides is 1. The van der Waals surface area contributed by atoms with Crippen LogP contribution in [0.3, 0.4) is 0 Å². The van der Waals surface area contributed by atoms with Gasteiger partial charge in [0.25, 0.3) is 0 Å². The van der Waals surface area contributed by atoms with Crippen molar-refractivity contribution in [2.75, 3.05) is 12.3 Å². The molecule has 14 heteroatoms. The summed E-state index contributed by atoms with van der Waals surface area (Å²) in [5.74, 6) is -1.59. The lowest BCUT2D eigenvalue weighted by Gasteiger charge is -2.26. The number of rotatable bonds is 10. The molecule has 34 heavy (non-hydrogen) atoms. The minimum atomic E-state index is -4.29. The first-order valence-corrected chi connectivity index (χ1v) is 12.8. The van der Waals surface area contributed by atoms with Crippen molar-refractivity contribution in [2.24, 2.45) is 5.92 Å². The highest BCUT2D eigenvalue weighted by molar-refractivity contribution is 8.00. The van der Waals surface area contributed by atoms with Crippen LogP contribution in [0.4, 0.5) is 10.2 Å². The number of halogens is 1. The number of carboxylic acids is 1. The molecule has 1 saturated heterocycles. The van der Waals surface area contributed by atoms with Crippen molar-refractivity contribution in [3.8, 4) is 5.75 Å². The number of thioether (sulfide) groups is 1. The average Bonchev–Trinajstić information content (AvgIpc) is 3.05. The zero-order valence-corrected chi connectivity index (χ0v) is 20.1. The Morgan fingerprint density at radius 1 is 1.35 bits per heavy atom. The lowest BCUT2D eigenvalue weighted by atomic mass is 10.1. The Morgan fingerprint density at radius 3 is 2.62 bits per heavy atom. The molecule has 5 N–H and O–H groups in total.